The normalized spacial score (nSPS) is 25.7. The molecule has 1 heterocycles. The summed E-state index contributed by atoms with van der Waals surface area (Å²) in [5, 5.41) is 10.9. The van der Waals surface area contributed by atoms with Gasteiger partial charge in [-0.1, -0.05) is 60.7 Å². The van der Waals surface area contributed by atoms with Crippen LogP contribution in [0, 0.1) is 22.0 Å². The smallest absolute Gasteiger partial charge is 0.308 e. The maximum absolute atomic E-state index is 13.8. The van der Waals surface area contributed by atoms with Gasteiger partial charge in [0.05, 0.1) is 23.2 Å². The Kier molecular flexibility index (Phi) is 6.05. The lowest BCUT2D eigenvalue weighted by Gasteiger charge is -2.54. The van der Waals surface area contributed by atoms with Crippen molar-refractivity contribution in [2.75, 3.05) is 13.2 Å². The Labute approximate surface area is 237 Å². The molecule has 0 aromatic heterocycles. The van der Waals surface area contributed by atoms with Crippen molar-refractivity contribution in [2.45, 2.75) is 16.2 Å². The summed E-state index contributed by atoms with van der Waals surface area (Å²) < 4.78 is 5.04. The molecular weight excluding hydrogens is 559 g/mol. The number of carbonyl (C=O) groups excluding carboxylic acids is 4. The van der Waals surface area contributed by atoms with E-state index in [2.05, 4.69) is 0 Å². The molecule has 0 N–H and O–H groups in total. The molecule has 2 amide bonds. The molecule has 4 aliphatic rings. The van der Waals surface area contributed by atoms with Crippen molar-refractivity contribution < 1.29 is 28.8 Å². The van der Waals surface area contributed by atoms with Crippen LogP contribution in [0.15, 0.2) is 72.8 Å². The summed E-state index contributed by atoms with van der Waals surface area (Å²) in [7, 11) is 0. The Hall–Kier alpha value is -4.08. The maximum atomic E-state index is 13.8. The van der Waals surface area contributed by atoms with Crippen molar-refractivity contribution in [3.8, 4) is 0 Å². The number of nitrogens with zero attached hydrogens (tertiary/aromatic N) is 2. The lowest BCUT2D eigenvalue weighted by Crippen LogP contribution is -2.57. The fourth-order valence-electron chi connectivity index (χ4n) is 6.24. The van der Waals surface area contributed by atoms with Gasteiger partial charge < -0.3 is 4.74 Å². The first-order valence-electron chi connectivity index (χ1n) is 12.5. The molecule has 1 fully saturated rings. The number of esters is 1. The number of amides is 2. The molecule has 1 saturated heterocycles. The van der Waals surface area contributed by atoms with Crippen LogP contribution in [0.3, 0.4) is 0 Å². The number of nitro groups is 1. The van der Waals surface area contributed by atoms with Gasteiger partial charge in [0.25, 0.3) is 5.69 Å². The molecule has 9 nitrogen and oxygen atoms in total. The summed E-state index contributed by atoms with van der Waals surface area (Å²) in [4.78, 5) is 61.1. The number of hydrogen-bond acceptors (Lipinski definition) is 7. The van der Waals surface area contributed by atoms with E-state index < -0.39 is 56.7 Å². The molecule has 0 unspecified atom stereocenters. The van der Waals surface area contributed by atoms with E-state index in [9.17, 15) is 29.3 Å². The number of ketones is 1. The van der Waals surface area contributed by atoms with Crippen LogP contribution in [0.5, 0.6) is 0 Å². The third-order valence-corrected chi connectivity index (χ3v) is 9.24. The Bertz CT molecular complexity index is 1520. The average molecular weight is 579 g/mol. The van der Waals surface area contributed by atoms with Crippen molar-refractivity contribution in [1.82, 2.24) is 4.90 Å². The minimum absolute atomic E-state index is 0.0189. The summed E-state index contributed by atoms with van der Waals surface area (Å²) in [5.41, 5.74) is 2.45. The predicted octanol–water partition coefficient (Wildman–Crippen LogP) is 4.30. The Morgan fingerprint density at radius 2 is 1.35 bits per heavy atom. The van der Waals surface area contributed by atoms with E-state index >= 15 is 0 Å². The summed E-state index contributed by atoms with van der Waals surface area (Å²) in [6, 6.07) is 19.6. The Morgan fingerprint density at radius 1 is 0.850 bits per heavy atom. The topological polar surface area (TPSA) is 124 Å². The largest absolute Gasteiger partial charge is 0.457 e. The Balaban J connectivity index is 1.21. The van der Waals surface area contributed by atoms with E-state index in [0.717, 1.165) is 11.0 Å². The van der Waals surface area contributed by atoms with Crippen molar-refractivity contribution in [1.29, 1.82) is 0 Å². The molecule has 2 atom stereocenters. The Morgan fingerprint density at radius 3 is 1.82 bits per heavy atom. The van der Waals surface area contributed by atoms with Gasteiger partial charge in [-0.3, -0.25) is 34.2 Å². The number of benzene rings is 3. The zero-order valence-electron chi connectivity index (χ0n) is 20.7. The zero-order chi connectivity index (χ0) is 28.4. The number of Topliss-reactive ketones (excluding diaryl/α,β-unsaturated/α-hetero) is 1. The van der Waals surface area contributed by atoms with Gasteiger partial charge in [0.1, 0.15) is 9.75 Å². The van der Waals surface area contributed by atoms with Gasteiger partial charge in [0.15, 0.2) is 6.61 Å². The number of halogens is 2. The molecule has 202 valence electrons. The van der Waals surface area contributed by atoms with Crippen LogP contribution in [-0.2, 0) is 28.9 Å². The minimum Gasteiger partial charge on any atom is -0.457 e. The summed E-state index contributed by atoms with van der Waals surface area (Å²) >= 11 is 14.7. The molecular formula is C29H20Cl2N2O7. The highest BCUT2D eigenvalue weighted by atomic mass is 35.5. The second-order valence-corrected chi connectivity index (χ2v) is 11.1. The molecule has 7 rings (SSSR count). The monoisotopic (exact) mass is 578 g/mol. The van der Waals surface area contributed by atoms with Gasteiger partial charge in [-0.15, -0.1) is 23.2 Å². The maximum Gasteiger partial charge on any atom is 0.308 e. The van der Waals surface area contributed by atoms with Crippen molar-refractivity contribution in [2.24, 2.45) is 11.8 Å². The minimum atomic E-state index is -1.32. The highest BCUT2D eigenvalue weighted by Crippen LogP contribution is 2.69. The van der Waals surface area contributed by atoms with Crippen molar-refractivity contribution >= 4 is 52.5 Å². The molecule has 0 spiro atoms. The molecule has 2 bridgehead atoms. The molecule has 0 radical (unpaired) electrons. The number of ether oxygens (including phenoxy) is 1. The van der Waals surface area contributed by atoms with Crippen molar-refractivity contribution in [3.63, 3.8) is 0 Å². The predicted molar refractivity (Wildman–Crippen MR) is 143 cm³/mol. The van der Waals surface area contributed by atoms with Crippen LogP contribution in [0.1, 0.15) is 39.0 Å². The first-order valence-corrected chi connectivity index (χ1v) is 13.2. The molecule has 0 saturated carbocycles. The molecule has 3 aromatic rings. The lowest BCUT2D eigenvalue weighted by molar-refractivity contribution is -0.384. The van der Waals surface area contributed by atoms with E-state index in [0.29, 0.717) is 22.3 Å². The van der Waals surface area contributed by atoms with Gasteiger partial charge in [0, 0.05) is 24.2 Å². The molecule has 40 heavy (non-hydrogen) atoms. The number of hydrogen-bond donors (Lipinski definition) is 0. The number of non-ortho nitro benzene ring substituents is 1. The van der Waals surface area contributed by atoms with Crippen LogP contribution < -0.4 is 0 Å². The van der Waals surface area contributed by atoms with E-state index in [1.54, 1.807) is 0 Å². The van der Waals surface area contributed by atoms with Crippen LogP contribution in [-0.4, -0.2) is 46.5 Å². The van der Waals surface area contributed by atoms with Crippen LogP contribution in [0.2, 0.25) is 0 Å². The standard InChI is InChI=1S/C29H20Cl2N2O7/c30-28-18-8-1-2-9-19(18)29(31,21-11-4-3-10-20(21)28)25-24(28)26(36)32(27(25)37)13-12-23(35)40-15-22(34)16-6-5-7-17(14-16)33(38)39/h1-11,14,24-25H,12-13,15H2/t24-,25-,28?,29?/m0/s1. The number of likely N-dealkylation sites (tertiary alicyclic amines) is 1. The van der Waals surface area contributed by atoms with Crippen molar-refractivity contribution in [3.05, 3.63) is 111 Å². The fourth-order valence-corrected chi connectivity index (χ4v) is 7.34. The van der Waals surface area contributed by atoms with Crippen LogP contribution >= 0.6 is 23.2 Å². The summed E-state index contributed by atoms with van der Waals surface area (Å²) in [6.07, 6.45) is -0.358. The lowest BCUT2D eigenvalue weighted by atomic mass is 9.54. The molecule has 3 aliphatic carbocycles. The molecule has 1 aliphatic heterocycles. The summed E-state index contributed by atoms with van der Waals surface area (Å²) in [5.74, 6) is -4.45. The first kappa shape index (κ1) is 26.2. The van der Waals surface area contributed by atoms with Gasteiger partial charge in [-0.05, 0) is 22.3 Å². The van der Waals surface area contributed by atoms with E-state index in [4.69, 9.17) is 27.9 Å². The van der Waals surface area contributed by atoms with E-state index in [1.807, 2.05) is 48.5 Å². The second-order valence-electron chi connectivity index (χ2n) is 9.94. The van der Waals surface area contributed by atoms with Gasteiger partial charge >= 0.3 is 5.97 Å². The fraction of sp³-hybridized carbons (Fsp3) is 0.241. The molecule has 11 heteroatoms. The van der Waals surface area contributed by atoms with E-state index in [-0.39, 0.29) is 24.2 Å². The molecule has 3 aromatic carbocycles. The zero-order valence-corrected chi connectivity index (χ0v) is 22.2. The number of imide groups is 1. The number of alkyl halides is 2. The van der Waals surface area contributed by atoms with Crippen LogP contribution in [0.4, 0.5) is 5.69 Å². The van der Waals surface area contributed by atoms with Gasteiger partial charge in [-0.2, -0.15) is 0 Å². The number of carbonyl (C=O) groups is 4. The van der Waals surface area contributed by atoms with Crippen LogP contribution in [0.25, 0.3) is 0 Å². The third kappa shape index (κ3) is 3.54. The van der Waals surface area contributed by atoms with E-state index in [1.165, 1.54) is 18.2 Å². The quantitative estimate of drug-likeness (QED) is 0.102. The highest BCUT2D eigenvalue weighted by molar-refractivity contribution is 6.36. The SMILES string of the molecule is O=C(CCN1C(=O)[C@@H]2[C@@H](C1=O)C1(Cl)c3ccccc3C2(Cl)c2ccccc21)OCC(=O)c1cccc([N+](=O)[O-])c1. The summed E-state index contributed by atoms with van der Waals surface area (Å²) in [6.45, 7) is -0.922. The second kappa shape index (κ2) is 9.25. The first-order chi connectivity index (χ1) is 19.1. The number of nitro benzene ring substituents is 1. The van der Waals surface area contributed by atoms with Gasteiger partial charge in [-0.25, -0.2) is 0 Å². The average Bonchev–Trinajstić information content (AvgIpc) is 3.23. The van der Waals surface area contributed by atoms with Gasteiger partial charge in [0.2, 0.25) is 17.6 Å². The third-order valence-electron chi connectivity index (χ3n) is 7.96. The highest BCUT2D eigenvalue weighted by Gasteiger charge is 2.72. The number of rotatable bonds is 7.